The van der Waals surface area contributed by atoms with Crippen LogP contribution in [0.1, 0.15) is 26.7 Å². The number of fused-ring (bicyclic) bond motifs is 1. The van der Waals surface area contributed by atoms with Gasteiger partial charge in [0.05, 0.1) is 20.9 Å². The predicted octanol–water partition coefficient (Wildman–Crippen LogP) is 5.80. The van der Waals surface area contributed by atoms with Crippen LogP contribution in [0.25, 0.3) is 15.9 Å². The number of benzene rings is 1. The first-order chi connectivity index (χ1) is 12.1. The van der Waals surface area contributed by atoms with Crippen molar-refractivity contribution in [3.63, 3.8) is 0 Å². The molecule has 3 rings (SSSR count). The Hall–Kier alpha value is -0.990. The third kappa shape index (κ3) is 4.28. The molecule has 0 bridgehead atoms. The molecule has 0 saturated heterocycles. The molecule has 0 aliphatic rings. The number of thioether (sulfide) groups is 1. The molecule has 2 aromatic heterocycles. The molecule has 0 amide bonds. The van der Waals surface area contributed by atoms with Gasteiger partial charge in [-0.05, 0) is 18.2 Å². The predicted molar refractivity (Wildman–Crippen MR) is 110 cm³/mol. The van der Waals surface area contributed by atoms with Crippen molar-refractivity contribution in [3.05, 3.63) is 44.2 Å². The number of hydrogen-bond donors (Lipinski definition) is 0. The SMILES string of the molecule is CC(C)(C)c1nn(-c2cc3nc(SCC=C(Cl)Cl)sc3cc2Cl)c(=O)o1. The Kier molecular flexibility index (Phi) is 5.75. The summed E-state index contributed by atoms with van der Waals surface area (Å²) in [6.07, 6.45) is 1.70. The maximum absolute atomic E-state index is 12.2. The van der Waals surface area contributed by atoms with E-state index in [1.54, 1.807) is 18.2 Å². The highest BCUT2D eigenvalue weighted by Crippen LogP contribution is 2.34. The van der Waals surface area contributed by atoms with Gasteiger partial charge in [-0.25, -0.2) is 9.78 Å². The van der Waals surface area contributed by atoms with Crippen LogP contribution in [0, 0.1) is 0 Å². The van der Waals surface area contributed by atoms with E-state index in [0.717, 1.165) is 14.6 Å². The lowest BCUT2D eigenvalue weighted by Crippen LogP contribution is -2.14. The molecular weight excluding hydrogens is 437 g/mol. The second-order valence-electron chi connectivity index (χ2n) is 6.39. The molecular formula is C16H14Cl3N3O2S2. The number of nitrogens with zero attached hydrogens (tertiary/aromatic N) is 3. The maximum atomic E-state index is 12.2. The molecule has 2 heterocycles. The van der Waals surface area contributed by atoms with Crippen molar-refractivity contribution in [1.29, 1.82) is 0 Å². The first kappa shape index (κ1) is 19.8. The van der Waals surface area contributed by atoms with Gasteiger partial charge in [0, 0.05) is 11.2 Å². The van der Waals surface area contributed by atoms with Crippen molar-refractivity contribution in [1.82, 2.24) is 14.8 Å². The Morgan fingerprint density at radius 2 is 2.12 bits per heavy atom. The summed E-state index contributed by atoms with van der Waals surface area (Å²) in [5.41, 5.74) is 0.779. The normalized spacial score (nSPS) is 11.9. The van der Waals surface area contributed by atoms with Gasteiger partial charge in [0.15, 0.2) is 4.34 Å². The van der Waals surface area contributed by atoms with E-state index in [0.29, 0.717) is 22.4 Å². The molecule has 1 aromatic carbocycles. The standard InChI is InChI=1S/C16H14Cl3N3O2S2/c1-16(2,3)13-21-22(15(23)24-13)10-7-9-11(6-8(10)17)26-14(20-9)25-5-4-12(18)19/h4,6-7H,5H2,1-3H3. The largest absolute Gasteiger partial charge is 0.442 e. The lowest BCUT2D eigenvalue weighted by molar-refractivity contribution is 0.375. The molecule has 0 atom stereocenters. The quantitative estimate of drug-likeness (QED) is 0.470. The van der Waals surface area contributed by atoms with Gasteiger partial charge in [0.2, 0.25) is 5.89 Å². The molecule has 0 spiro atoms. The Morgan fingerprint density at radius 3 is 2.73 bits per heavy atom. The minimum absolute atomic E-state index is 0.226. The highest BCUT2D eigenvalue weighted by molar-refractivity contribution is 8.01. The summed E-state index contributed by atoms with van der Waals surface area (Å²) in [5, 5.41) is 4.68. The number of halogens is 3. The first-order valence-electron chi connectivity index (χ1n) is 7.50. The summed E-state index contributed by atoms with van der Waals surface area (Å²) in [5.74, 6) is 0.376. The number of aromatic nitrogens is 3. The van der Waals surface area contributed by atoms with Crippen LogP contribution in [-0.2, 0) is 5.41 Å². The first-order valence-corrected chi connectivity index (χ1v) is 10.4. The van der Waals surface area contributed by atoms with Crippen molar-refractivity contribution < 1.29 is 4.42 Å². The average Bonchev–Trinajstić information content (AvgIpc) is 3.08. The van der Waals surface area contributed by atoms with Gasteiger partial charge in [-0.15, -0.1) is 16.4 Å². The second kappa shape index (κ2) is 7.56. The lowest BCUT2D eigenvalue weighted by atomic mass is 9.97. The summed E-state index contributed by atoms with van der Waals surface area (Å²) in [4.78, 5) is 16.8. The van der Waals surface area contributed by atoms with Crippen LogP contribution in [-0.4, -0.2) is 20.5 Å². The molecule has 0 unspecified atom stereocenters. The Labute approximate surface area is 173 Å². The van der Waals surface area contributed by atoms with Crippen molar-refractivity contribution in [2.75, 3.05) is 5.75 Å². The van der Waals surface area contributed by atoms with Gasteiger partial charge in [-0.1, -0.05) is 67.3 Å². The van der Waals surface area contributed by atoms with Gasteiger partial charge < -0.3 is 4.42 Å². The Morgan fingerprint density at radius 1 is 1.38 bits per heavy atom. The lowest BCUT2D eigenvalue weighted by Gasteiger charge is -2.11. The van der Waals surface area contributed by atoms with Crippen LogP contribution in [0.3, 0.4) is 0 Å². The maximum Gasteiger partial charge on any atom is 0.442 e. The smallest absolute Gasteiger partial charge is 0.391 e. The van der Waals surface area contributed by atoms with Crippen LogP contribution in [0.15, 0.2) is 36.3 Å². The summed E-state index contributed by atoms with van der Waals surface area (Å²) in [6, 6.07) is 3.51. The second-order valence-corrected chi connectivity index (χ2v) is 10.1. The monoisotopic (exact) mass is 449 g/mol. The summed E-state index contributed by atoms with van der Waals surface area (Å²) in [6.45, 7) is 5.75. The molecule has 0 aliphatic carbocycles. The van der Waals surface area contributed by atoms with Crippen LogP contribution in [0.2, 0.25) is 5.02 Å². The van der Waals surface area contributed by atoms with Gasteiger partial charge in [-0.2, -0.15) is 4.68 Å². The molecule has 0 N–H and O–H groups in total. The third-order valence-corrected chi connectivity index (χ3v) is 6.00. The molecule has 138 valence electrons. The summed E-state index contributed by atoms with van der Waals surface area (Å²) >= 11 is 20.6. The highest BCUT2D eigenvalue weighted by Gasteiger charge is 2.24. The van der Waals surface area contributed by atoms with Crippen molar-refractivity contribution in [3.8, 4) is 5.69 Å². The van der Waals surface area contributed by atoms with E-state index in [-0.39, 0.29) is 9.91 Å². The average molecular weight is 451 g/mol. The van der Waals surface area contributed by atoms with E-state index in [2.05, 4.69) is 10.1 Å². The number of thiazole rings is 1. The van der Waals surface area contributed by atoms with Gasteiger partial charge in [0.25, 0.3) is 0 Å². The summed E-state index contributed by atoms with van der Waals surface area (Å²) < 4.78 is 8.42. The zero-order chi connectivity index (χ0) is 19.1. The topological polar surface area (TPSA) is 60.9 Å². The van der Waals surface area contributed by atoms with Crippen molar-refractivity contribution in [2.24, 2.45) is 0 Å². The molecule has 0 fully saturated rings. The zero-order valence-electron chi connectivity index (χ0n) is 14.0. The van der Waals surface area contributed by atoms with E-state index in [1.165, 1.54) is 27.8 Å². The Balaban J connectivity index is 2.00. The third-order valence-electron chi connectivity index (χ3n) is 3.30. The zero-order valence-corrected chi connectivity index (χ0v) is 17.9. The molecule has 0 saturated carbocycles. The number of rotatable bonds is 4. The Bertz CT molecular complexity index is 1040. The van der Waals surface area contributed by atoms with E-state index >= 15 is 0 Å². The van der Waals surface area contributed by atoms with E-state index in [1.807, 2.05) is 20.8 Å². The van der Waals surface area contributed by atoms with Crippen molar-refractivity contribution >= 4 is 68.1 Å². The highest BCUT2D eigenvalue weighted by atomic mass is 35.5. The molecule has 0 radical (unpaired) electrons. The van der Waals surface area contributed by atoms with Crippen LogP contribution >= 0.6 is 57.9 Å². The molecule has 26 heavy (non-hydrogen) atoms. The van der Waals surface area contributed by atoms with E-state index < -0.39 is 5.76 Å². The fraction of sp³-hybridized carbons (Fsp3) is 0.312. The van der Waals surface area contributed by atoms with Gasteiger partial charge in [-0.3, -0.25) is 0 Å². The fourth-order valence-electron chi connectivity index (χ4n) is 2.05. The van der Waals surface area contributed by atoms with Gasteiger partial charge >= 0.3 is 5.76 Å². The van der Waals surface area contributed by atoms with Crippen molar-refractivity contribution in [2.45, 2.75) is 30.5 Å². The van der Waals surface area contributed by atoms with Crippen LogP contribution in [0.4, 0.5) is 0 Å². The molecule has 5 nitrogen and oxygen atoms in total. The molecule has 3 aromatic rings. The van der Waals surface area contributed by atoms with E-state index in [4.69, 9.17) is 39.2 Å². The number of hydrogen-bond acceptors (Lipinski definition) is 6. The molecule has 0 aliphatic heterocycles. The molecule has 10 heteroatoms. The van der Waals surface area contributed by atoms with Crippen LogP contribution in [0.5, 0.6) is 0 Å². The minimum atomic E-state index is -0.581. The van der Waals surface area contributed by atoms with Crippen LogP contribution < -0.4 is 5.76 Å². The minimum Gasteiger partial charge on any atom is -0.391 e. The fourth-order valence-corrected chi connectivity index (χ4v) is 4.68. The van der Waals surface area contributed by atoms with E-state index in [9.17, 15) is 4.79 Å². The van der Waals surface area contributed by atoms with Gasteiger partial charge in [0.1, 0.15) is 4.49 Å². The summed E-state index contributed by atoms with van der Waals surface area (Å²) in [7, 11) is 0.